The Hall–Kier alpha value is -2.82. The number of anilines is 1. The van der Waals surface area contributed by atoms with E-state index in [0.717, 1.165) is 39.4 Å². The Morgan fingerprint density at radius 3 is 2.82 bits per heavy atom. The van der Waals surface area contributed by atoms with Crippen molar-refractivity contribution < 1.29 is 9.53 Å². The molecule has 1 amide bonds. The topological polar surface area (TPSA) is 86.1 Å². The fourth-order valence-corrected chi connectivity index (χ4v) is 6.48. The Balaban J connectivity index is 1.38. The van der Waals surface area contributed by atoms with Crippen molar-refractivity contribution in [3.05, 3.63) is 64.1 Å². The fourth-order valence-electron chi connectivity index (χ4n) is 3.65. The van der Waals surface area contributed by atoms with Gasteiger partial charge in [-0.05, 0) is 55.8 Å². The van der Waals surface area contributed by atoms with Crippen LogP contribution in [0.15, 0.2) is 57.3 Å². The second kappa shape index (κ2) is 9.81. The number of fused-ring (bicyclic) bond motifs is 2. The molecule has 0 fully saturated rings. The molecule has 0 aliphatic carbocycles. The van der Waals surface area contributed by atoms with Crippen molar-refractivity contribution in [3.8, 4) is 11.4 Å². The normalized spacial score (nSPS) is 12.6. The zero-order valence-corrected chi connectivity index (χ0v) is 21.1. The number of ether oxygens (including phenoxy) is 1. The summed E-state index contributed by atoms with van der Waals surface area (Å²) in [5, 5.41) is 3.95. The van der Waals surface area contributed by atoms with E-state index in [9.17, 15) is 9.59 Å². The third kappa shape index (κ3) is 4.70. The third-order valence-corrected chi connectivity index (χ3v) is 8.17. The number of hydrogen-bond acceptors (Lipinski definition) is 8. The van der Waals surface area contributed by atoms with Crippen LogP contribution in [0.3, 0.4) is 0 Å². The lowest BCUT2D eigenvalue weighted by atomic mass is 10.2. The Morgan fingerprint density at radius 2 is 2.03 bits per heavy atom. The largest absolute Gasteiger partial charge is 0.494 e. The fraction of sp³-hybridized carbons (Fsp3) is 0.250. The average Bonchev–Trinajstić information content (AvgIpc) is 3.45. The van der Waals surface area contributed by atoms with Crippen LogP contribution in [0.2, 0.25) is 0 Å². The molecule has 0 saturated heterocycles. The molecule has 0 radical (unpaired) electrons. The second-order valence-corrected chi connectivity index (χ2v) is 10.7. The molecule has 2 aromatic carbocycles. The van der Waals surface area contributed by atoms with E-state index in [4.69, 9.17) is 9.72 Å². The van der Waals surface area contributed by atoms with Gasteiger partial charge < -0.3 is 10.1 Å². The monoisotopic (exact) mass is 510 g/mol. The first-order valence-electron chi connectivity index (χ1n) is 10.8. The van der Waals surface area contributed by atoms with Crippen molar-refractivity contribution in [2.24, 2.45) is 0 Å². The molecule has 1 aliphatic heterocycles. The molecule has 0 unspecified atom stereocenters. The molecule has 1 N–H and O–H groups in total. The van der Waals surface area contributed by atoms with Crippen LogP contribution >= 0.6 is 34.9 Å². The highest BCUT2D eigenvalue weighted by Gasteiger charge is 2.23. The lowest BCUT2D eigenvalue weighted by molar-refractivity contribution is -0.113. The number of thiazole rings is 1. The lowest BCUT2D eigenvalue weighted by Crippen LogP contribution is -2.24. The number of rotatable bonds is 7. The van der Waals surface area contributed by atoms with Gasteiger partial charge in [0.05, 0.1) is 38.9 Å². The van der Waals surface area contributed by atoms with Crippen LogP contribution in [0, 0.1) is 6.92 Å². The Labute approximate surface area is 209 Å². The molecular formula is C24H22N4O3S3. The van der Waals surface area contributed by atoms with Gasteiger partial charge in [0.25, 0.3) is 5.56 Å². The van der Waals surface area contributed by atoms with Crippen LogP contribution in [-0.4, -0.2) is 38.6 Å². The zero-order valence-electron chi connectivity index (χ0n) is 18.7. The summed E-state index contributed by atoms with van der Waals surface area (Å²) < 4.78 is 8.15. The van der Waals surface area contributed by atoms with Crippen molar-refractivity contribution in [2.45, 2.75) is 30.3 Å². The average molecular weight is 511 g/mol. The maximum absolute atomic E-state index is 13.3. The number of nitrogens with one attached hydrogen (secondary N) is 1. The highest BCUT2D eigenvalue weighted by atomic mass is 32.2. The summed E-state index contributed by atoms with van der Waals surface area (Å²) in [5.41, 5.74) is 3.42. The maximum Gasteiger partial charge on any atom is 0.272 e. The minimum atomic E-state index is -0.192. The van der Waals surface area contributed by atoms with Gasteiger partial charge in [-0.3, -0.25) is 14.2 Å². The molecule has 1 aliphatic rings. The highest BCUT2D eigenvalue weighted by molar-refractivity contribution is 8.00. The number of aromatic nitrogens is 3. The zero-order chi connectivity index (χ0) is 23.7. The van der Waals surface area contributed by atoms with Crippen LogP contribution in [0.25, 0.3) is 15.9 Å². The van der Waals surface area contributed by atoms with Gasteiger partial charge in [0.1, 0.15) is 5.75 Å². The number of thioether (sulfide) groups is 2. The summed E-state index contributed by atoms with van der Waals surface area (Å²) >= 11 is 4.23. The molecule has 0 bridgehead atoms. The van der Waals surface area contributed by atoms with Crippen molar-refractivity contribution in [2.75, 3.05) is 23.4 Å². The number of hydrogen-bond donors (Lipinski definition) is 1. The standard InChI is InChI=1S/C24H22N4O3S3/c1-3-31-16-7-5-15(6-8-16)28-22(30)21-18(10-11-32-21)26-24(28)33-13-20(29)27-23-25-17-9-4-14(2)12-19(17)34-23/h4-9,12H,3,10-11,13H2,1-2H3,(H,25,27,29). The van der Waals surface area contributed by atoms with E-state index in [1.807, 2.05) is 50.2 Å². The van der Waals surface area contributed by atoms with E-state index < -0.39 is 0 Å². The molecule has 7 nitrogen and oxygen atoms in total. The predicted molar refractivity (Wildman–Crippen MR) is 139 cm³/mol. The SMILES string of the molecule is CCOc1ccc(-n2c(SCC(=O)Nc3nc4ccc(C)cc4s3)nc3c(c2=O)SCC3)cc1. The number of aryl methyl sites for hydroxylation is 2. The summed E-state index contributed by atoms with van der Waals surface area (Å²) in [5.74, 6) is 1.50. The molecule has 0 atom stereocenters. The minimum absolute atomic E-state index is 0.0962. The number of nitrogens with zero attached hydrogens (tertiary/aromatic N) is 3. The first kappa shape index (κ1) is 22.9. The predicted octanol–water partition coefficient (Wildman–Crippen LogP) is 4.93. The molecule has 0 spiro atoms. The molecule has 2 aromatic heterocycles. The number of carbonyl (C=O) groups is 1. The van der Waals surface area contributed by atoms with Gasteiger partial charge >= 0.3 is 0 Å². The van der Waals surface area contributed by atoms with Gasteiger partial charge in [-0.25, -0.2) is 9.97 Å². The van der Waals surface area contributed by atoms with Gasteiger partial charge in [-0.1, -0.05) is 29.2 Å². The molecular weight excluding hydrogens is 488 g/mol. The molecule has 4 aromatic rings. The third-order valence-electron chi connectivity index (χ3n) is 5.20. The summed E-state index contributed by atoms with van der Waals surface area (Å²) in [6, 6.07) is 13.4. The summed E-state index contributed by atoms with van der Waals surface area (Å²) in [4.78, 5) is 35.9. The van der Waals surface area contributed by atoms with Crippen molar-refractivity contribution in [1.29, 1.82) is 0 Å². The quantitative estimate of drug-likeness (QED) is 0.279. The van der Waals surface area contributed by atoms with E-state index in [2.05, 4.69) is 16.4 Å². The van der Waals surface area contributed by atoms with Crippen LogP contribution in [-0.2, 0) is 11.2 Å². The lowest BCUT2D eigenvalue weighted by Gasteiger charge is -2.14. The summed E-state index contributed by atoms with van der Waals surface area (Å²) in [6.45, 7) is 4.52. The molecule has 34 heavy (non-hydrogen) atoms. The van der Waals surface area contributed by atoms with Crippen LogP contribution < -0.4 is 15.6 Å². The van der Waals surface area contributed by atoms with Gasteiger partial charge in [0.15, 0.2) is 10.3 Å². The smallest absolute Gasteiger partial charge is 0.272 e. The second-order valence-electron chi connectivity index (χ2n) is 7.66. The van der Waals surface area contributed by atoms with E-state index in [1.165, 1.54) is 34.9 Å². The molecule has 3 heterocycles. The number of amides is 1. The summed E-state index contributed by atoms with van der Waals surface area (Å²) in [6.07, 6.45) is 0.754. The van der Waals surface area contributed by atoms with Gasteiger partial charge in [0.2, 0.25) is 5.91 Å². The van der Waals surface area contributed by atoms with Crippen molar-refractivity contribution in [1.82, 2.24) is 14.5 Å². The van der Waals surface area contributed by atoms with Gasteiger partial charge in [-0.2, -0.15) is 0 Å². The maximum atomic E-state index is 13.3. The molecule has 5 rings (SSSR count). The molecule has 0 saturated carbocycles. The Kier molecular flexibility index (Phi) is 6.62. The minimum Gasteiger partial charge on any atom is -0.494 e. The first-order valence-corrected chi connectivity index (χ1v) is 13.6. The van der Waals surface area contributed by atoms with Crippen LogP contribution in [0.1, 0.15) is 18.2 Å². The van der Waals surface area contributed by atoms with Crippen molar-refractivity contribution in [3.63, 3.8) is 0 Å². The van der Waals surface area contributed by atoms with E-state index in [0.29, 0.717) is 27.5 Å². The van der Waals surface area contributed by atoms with E-state index in [1.54, 1.807) is 4.57 Å². The highest BCUT2D eigenvalue weighted by Crippen LogP contribution is 2.31. The van der Waals surface area contributed by atoms with Crippen LogP contribution in [0.4, 0.5) is 5.13 Å². The number of benzene rings is 2. The molecule has 174 valence electrons. The Bertz CT molecular complexity index is 1430. The summed E-state index contributed by atoms with van der Waals surface area (Å²) in [7, 11) is 0. The van der Waals surface area contributed by atoms with E-state index in [-0.39, 0.29) is 17.2 Å². The number of carbonyl (C=O) groups excluding carboxylic acids is 1. The van der Waals surface area contributed by atoms with Gasteiger partial charge in [-0.15, -0.1) is 11.8 Å². The molecule has 10 heteroatoms. The van der Waals surface area contributed by atoms with Gasteiger partial charge in [0, 0.05) is 12.2 Å². The van der Waals surface area contributed by atoms with E-state index >= 15 is 0 Å². The van der Waals surface area contributed by atoms with Crippen LogP contribution in [0.5, 0.6) is 5.75 Å². The Morgan fingerprint density at radius 1 is 1.21 bits per heavy atom. The first-order chi connectivity index (χ1) is 16.5. The van der Waals surface area contributed by atoms with Crippen molar-refractivity contribution >= 4 is 56.1 Å².